The van der Waals surface area contributed by atoms with Crippen molar-refractivity contribution in [3.05, 3.63) is 34.3 Å². The van der Waals surface area contributed by atoms with Crippen LogP contribution in [0.1, 0.15) is 46.1 Å². The minimum atomic E-state index is -0.624. The summed E-state index contributed by atoms with van der Waals surface area (Å²) >= 11 is 3.38. The Kier molecular flexibility index (Phi) is 8.25. The Hall–Kier alpha value is -1.56. The minimum Gasteiger partial charge on any atom is -0.464 e. The first-order valence-corrected chi connectivity index (χ1v) is 8.88. The number of unbranched alkanes of at least 4 members (excludes halogenated alkanes) is 1. The summed E-state index contributed by atoms with van der Waals surface area (Å²) < 4.78 is 11.5. The summed E-state index contributed by atoms with van der Waals surface area (Å²) in [5, 5.41) is 0. The maximum atomic E-state index is 12.4. The number of esters is 1. The molecule has 0 aliphatic rings. The van der Waals surface area contributed by atoms with Gasteiger partial charge in [-0.1, -0.05) is 41.4 Å². The lowest BCUT2D eigenvalue weighted by atomic mass is 10.2. The monoisotopic (exact) mass is 399 g/mol. The highest BCUT2D eigenvalue weighted by atomic mass is 79.9. The first-order chi connectivity index (χ1) is 11.2. The second-order valence-electron chi connectivity index (χ2n) is 6.54. The van der Waals surface area contributed by atoms with Crippen LogP contribution in [0.15, 0.2) is 28.7 Å². The Bertz CT molecular complexity index is 537. The van der Waals surface area contributed by atoms with Gasteiger partial charge in [-0.3, -0.25) is 9.69 Å². The van der Waals surface area contributed by atoms with Crippen LogP contribution in [-0.2, 0) is 20.8 Å². The number of hydrogen-bond acceptors (Lipinski definition) is 4. The van der Waals surface area contributed by atoms with Crippen molar-refractivity contribution in [3.8, 4) is 0 Å². The first kappa shape index (κ1) is 20.5. The van der Waals surface area contributed by atoms with E-state index in [2.05, 4.69) is 15.9 Å². The molecule has 0 saturated heterocycles. The molecule has 1 rings (SSSR count). The minimum absolute atomic E-state index is 0.130. The summed E-state index contributed by atoms with van der Waals surface area (Å²) in [5.41, 5.74) is 0.284. The second-order valence-corrected chi connectivity index (χ2v) is 7.45. The Morgan fingerprint density at radius 2 is 1.79 bits per heavy atom. The van der Waals surface area contributed by atoms with Gasteiger partial charge in [0.05, 0.1) is 6.61 Å². The summed E-state index contributed by atoms with van der Waals surface area (Å²) in [4.78, 5) is 25.7. The van der Waals surface area contributed by atoms with E-state index in [0.29, 0.717) is 6.61 Å². The van der Waals surface area contributed by atoms with Gasteiger partial charge in [0.1, 0.15) is 12.1 Å². The van der Waals surface area contributed by atoms with Crippen molar-refractivity contribution < 1.29 is 19.1 Å². The average molecular weight is 400 g/mol. The van der Waals surface area contributed by atoms with Crippen molar-refractivity contribution in [1.29, 1.82) is 0 Å². The highest BCUT2D eigenvalue weighted by molar-refractivity contribution is 9.10. The Balaban J connectivity index is 2.76. The first-order valence-electron chi connectivity index (χ1n) is 8.09. The quantitative estimate of drug-likeness (QED) is 0.499. The molecule has 0 bridgehead atoms. The molecule has 5 nitrogen and oxygen atoms in total. The fourth-order valence-corrected chi connectivity index (χ4v) is 2.12. The van der Waals surface area contributed by atoms with Crippen molar-refractivity contribution in [3.63, 3.8) is 0 Å². The summed E-state index contributed by atoms with van der Waals surface area (Å²) in [7, 11) is 0. The zero-order valence-electron chi connectivity index (χ0n) is 14.8. The van der Waals surface area contributed by atoms with E-state index in [-0.39, 0.29) is 13.1 Å². The number of rotatable bonds is 7. The molecule has 0 aromatic heterocycles. The van der Waals surface area contributed by atoms with E-state index >= 15 is 0 Å². The lowest BCUT2D eigenvalue weighted by molar-refractivity contribution is -0.145. The third kappa shape index (κ3) is 8.34. The largest absolute Gasteiger partial charge is 0.464 e. The lowest BCUT2D eigenvalue weighted by Crippen LogP contribution is -2.40. The molecule has 24 heavy (non-hydrogen) atoms. The zero-order chi connectivity index (χ0) is 18.2. The molecular weight excluding hydrogens is 374 g/mol. The fraction of sp³-hybridized carbons (Fsp3) is 0.556. The number of halogens is 1. The zero-order valence-corrected chi connectivity index (χ0v) is 16.4. The SMILES string of the molecule is CCCCOC(=O)CN(Cc1ccc(Br)cc1)C(=O)OC(C)(C)C. The van der Waals surface area contributed by atoms with E-state index in [1.165, 1.54) is 4.90 Å². The molecular formula is C18H26BrNO4. The van der Waals surface area contributed by atoms with Crippen LogP contribution in [0.3, 0.4) is 0 Å². The molecule has 1 amide bonds. The number of ether oxygens (including phenoxy) is 2. The second kappa shape index (κ2) is 9.67. The van der Waals surface area contributed by atoms with Gasteiger partial charge in [-0.15, -0.1) is 0 Å². The molecule has 0 fully saturated rings. The topological polar surface area (TPSA) is 55.8 Å². The van der Waals surface area contributed by atoms with Gasteiger partial charge in [-0.2, -0.15) is 0 Å². The highest BCUT2D eigenvalue weighted by Gasteiger charge is 2.24. The van der Waals surface area contributed by atoms with Gasteiger partial charge in [-0.05, 0) is 44.9 Å². The maximum Gasteiger partial charge on any atom is 0.411 e. The molecule has 134 valence electrons. The maximum absolute atomic E-state index is 12.4. The smallest absolute Gasteiger partial charge is 0.411 e. The number of nitrogens with zero attached hydrogens (tertiary/aromatic N) is 1. The van der Waals surface area contributed by atoms with Gasteiger partial charge in [-0.25, -0.2) is 4.79 Å². The van der Waals surface area contributed by atoms with Gasteiger partial charge in [0.2, 0.25) is 0 Å². The fourth-order valence-electron chi connectivity index (χ4n) is 1.85. The van der Waals surface area contributed by atoms with Crippen molar-refractivity contribution in [1.82, 2.24) is 4.90 Å². The summed E-state index contributed by atoms with van der Waals surface area (Å²) in [5.74, 6) is -0.425. The van der Waals surface area contributed by atoms with Crippen LogP contribution >= 0.6 is 15.9 Å². The van der Waals surface area contributed by atoms with Gasteiger partial charge in [0, 0.05) is 11.0 Å². The van der Waals surface area contributed by atoms with Crippen molar-refractivity contribution in [2.45, 2.75) is 52.7 Å². The summed E-state index contributed by atoms with van der Waals surface area (Å²) in [6.45, 7) is 7.93. The highest BCUT2D eigenvalue weighted by Crippen LogP contribution is 2.15. The van der Waals surface area contributed by atoms with Crippen LogP contribution in [0.2, 0.25) is 0 Å². The Labute approximate surface area is 152 Å². The van der Waals surface area contributed by atoms with E-state index in [9.17, 15) is 9.59 Å². The number of amides is 1. The molecule has 0 spiro atoms. The molecule has 1 aromatic carbocycles. The number of carbonyl (C=O) groups is 2. The van der Waals surface area contributed by atoms with Gasteiger partial charge in [0.15, 0.2) is 0 Å². The van der Waals surface area contributed by atoms with Crippen molar-refractivity contribution in [2.75, 3.05) is 13.2 Å². The number of carbonyl (C=O) groups excluding carboxylic acids is 2. The molecule has 0 aliphatic carbocycles. The molecule has 6 heteroatoms. The van der Waals surface area contributed by atoms with Crippen molar-refractivity contribution >= 4 is 28.0 Å². The van der Waals surface area contributed by atoms with Crippen LogP contribution in [0, 0.1) is 0 Å². The molecule has 0 unspecified atom stereocenters. The molecule has 0 radical (unpaired) electrons. The lowest BCUT2D eigenvalue weighted by Gasteiger charge is -2.27. The van der Waals surface area contributed by atoms with Crippen LogP contribution in [0.4, 0.5) is 4.79 Å². The molecule has 0 heterocycles. The van der Waals surface area contributed by atoms with Crippen LogP contribution in [-0.4, -0.2) is 35.7 Å². The van der Waals surface area contributed by atoms with Crippen LogP contribution < -0.4 is 0 Å². The summed E-state index contributed by atoms with van der Waals surface area (Å²) in [6, 6.07) is 7.57. The Morgan fingerprint density at radius 3 is 2.33 bits per heavy atom. The average Bonchev–Trinajstić information content (AvgIpc) is 2.47. The van der Waals surface area contributed by atoms with Crippen LogP contribution in [0.5, 0.6) is 0 Å². The normalized spacial score (nSPS) is 11.0. The number of hydrogen-bond donors (Lipinski definition) is 0. The van der Waals surface area contributed by atoms with Crippen molar-refractivity contribution in [2.24, 2.45) is 0 Å². The van der Waals surface area contributed by atoms with Gasteiger partial charge in [0.25, 0.3) is 0 Å². The van der Waals surface area contributed by atoms with Gasteiger partial charge < -0.3 is 9.47 Å². The third-order valence-electron chi connectivity index (χ3n) is 3.02. The molecule has 0 atom stereocenters. The third-order valence-corrected chi connectivity index (χ3v) is 3.55. The predicted molar refractivity (Wildman–Crippen MR) is 96.7 cm³/mol. The van der Waals surface area contributed by atoms with E-state index in [4.69, 9.17) is 9.47 Å². The standard InChI is InChI=1S/C18H26BrNO4/c1-5-6-11-23-16(21)13-20(17(22)24-18(2,3)4)12-14-7-9-15(19)10-8-14/h7-10H,5-6,11-13H2,1-4H3. The van der Waals surface area contributed by atoms with E-state index < -0.39 is 17.7 Å². The Morgan fingerprint density at radius 1 is 1.17 bits per heavy atom. The molecule has 0 N–H and O–H groups in total. The molecule has 0 saturated carbocycles. The van der Waals surface area contributed by atoms with E-state index in [1.807, 2.05) is 31.2 Å². The summed E-state index contributed by atoms with van der Waals surface area (Å²) in [6.07, 6.45) is 1.23. The molecule has 1 aromatic rings. The van der Waals surface area contributed by atoms with E-state index in [0.717, 1.165) is 22.9 Å². The van der Waals surface area contributed by atoms with E-state index in [1.54, 1.807) is 20.8 Å². The number of benzene rings is 1. The molecule has 0 aliphatic heterocycles. The predicted octanol–water partition coefficient (Wildman–Crippen LogP) is 4.53. The van der Waals surface area contributed by atoms with Crippen LogP contribution in [0.25, 0.3) is 0 Å². The van der Waals surface area contributed by atoms with Gasteiger partial charge >= 0.3 is 12.1 Å².